The summed E-state index contributed by atoms with van der Waals surface area (Å²) < 4.78 is 0. The van der Waals surface area contributed by atoms with Crippen molar-refractivity contribution in [1.29, 1.82) is 0 Å². The fraction of sp³-hybridized carbons (Fsp3) is 0.500. The summed E-state index contributed by atoms with van der Waals surface area (Å²) in [6.07, 6.45) is 2.51. The normalized spacial score (nSPS) is 11.4. The molecule has 0 spiro atoms. The molecular formula is C10H14Cl2N2. The third-order valence-electron chi connectivity index (χ3n) is 1.91. The van der Waals surface area contributed by atoms with Crippen molar-refractivity contribution in [3.8, 4) is 0 Å². The molecule has 0 saturated carbocycles. The van der Waals surface area contributed by atoms with Gasteiger partial charge in [-0.15, -0.1) is 11.6 Å². The molecule has 4 heteroatoms. The monoisotopic (exact) mass is 232 g/mol. The van der Waals surface area contributed by atoms with Crippen LogP contribution < -0.4 is 5.32 Å². The molecule has 0 aliphatic rings. The van der Waals surface area contributed by atoms with Crippen molar-refractivity contribution < 1.29 is 0 Å². The summed E-state index contributed by atoms with van der Waals surface area (Å²) in [6, 6.07) is 3.67. The molecule has 0 aromatic carbocycles. The topological polar surface area (TPSA) is 24.9 Å². The summed E-state index contributed by atoms with van der Waals surface area (Å²) in [7, 11) is 0. The van der Waals surface area contributed by atoms with Crippen molar-refractivity contribution in [2.24, 2.45) is 0 Å². The van der Waals surface area contributed by atoms with E-state index < -0.39 is 0 Å². The van der Waals surface area contributed by atoms with Crippen LogP contribution in [-0.4, -0.2) is 16.4 Å². The Bertz CT molecular complexity index is 283. The summed E-state index contributed by atoms with van der Waals surface area (Å²) in [5, 5.41) is 3.94. The van der Waals surface area contributed by atoms with Crippen LogP contribution >= 0.6 is 23.2 Å². The van der Waals surface area contributed by atoms with E-state index >= 15 is 0 Å². The van der Waals surface area contributed by atoms with Crippen LogP contribution in [0.5, 0.6) is 0 Å². The Morgan fingerprint density at radius 3 is 2.64 bits per heavy atom. The number of hydrogen-bond donors (Lipinski definition) is 1. The molecule has 0 aliphatic carbocycles. The van der Waals surface area contributed by atoms with E-state index in [0.29, 0.717) is 10.9 Å². The molecule has 0 radical (unpaired) electrons. The standard InChI is InChI=1S/C10H14Cl2N2/c1-10(2,5-6-11)14-9-4-3-8(12)7-13-9/h3-4,7H,5-6H2,1-2H3,(H,13,14). The van der Waals surface area contributed by atoms with E-state index in [2.05, 4.69) is 24.1 Å². The Morgan fingerprint density at radius 2 is 2.14 bits per heavy atom. The maximum absolute atomic E-state index is 5.73. The van der Waals surface area contributed by atoms with E-state index in [1.807, 2.05) is 12.1 Å². The molecule has 1 heterocycles. The molecule has 0 saturated heterocycles. The molecule has 2 nitrogen and oxygen atoms in total. The zero-order valence-corrected chi connectivity index (χ0v) is 9.86. The number of nitrogens with zero attached hydrogens (tertiary/aromatic N) is 1. The summed E-state index contributed by atoms with van der Waals surface area (Å²) in [6.45, 7) is 4.18. The highest BCUT2D eigenvalue weighted by Gasteiger charge is 2.16. The van der Waals surface area contributed by atoms with E-state index in [-0.39, 0.29) is 5.54 Å². The van der Waals surface area contributed by atoms with E-state index in [9.17, 15) is 0 Å². The second kappa shape index (κ2) is 4.85. The second-order valence-electron chi connectivity index (χ2n) is 3.81. The molecule has 1 rings (SSSR count). The van der Waals surface area contributed by atoms with Crippen molar-refractivity contribution in [3.63, 3.8) is 0 Å². The Hall–Kier alpha value is -0.470. The minimum Gasteiger partial charge on any atom is -0.365 e. The first-order chi connectivity index (χ1) is 6.53. The first kappa shape index (κ1) is 11.6. The molecule has 1 aromatic heterocycles. The van der Waals surface area contributed by atoms with Gasteiger partial charge in [0.25, 0.3) is 0 Å². The highest BCUT2D eigenvalue weighted by Crippen LogP contribution is 2.18. The smallest absolute Gasteiger partial charge is 0.126 e. The minimum absolute atomic E-state index is 0.0391. The van der Waals surface area contributed by atoms with Crippen LogP contribution in [0.2, 0.25) is 5.02 Å². The number of nitrogens with one attached hydrogen (secondary N) is 1. The fourth-order valence-corrected chi connectivity index (χ4v) is 1.68. The van der Waals surface area contributed by atoms with Crippen molar-refractivity contribution in [1.82, 2.24) is 4.98 Å². The van der Waals surface area contributed by atoms with Gasteiger partial charge in [0.15, 0.2) is 0 Å². The van der Waals surface area contributed by atoms with Gasteiger partial charge in [0.2, 0.25) is 0 Å². The Morgan fingerprint density at radius 1 is 1.43 bits per heavy atom. The van der Waals surface area contributed by atoms with Gasteiger partial charge >= 0.3 is 0 Å². The molecule has 78 valence electrons. The van der Waals surface area contributed by atoms with Crippen LogP contribution in [0.3, 0.4) is 0 Å². The van der Waals surface area contributed by atoms with Gasteiger partial charge in [-0.05, 0) is 32.4 Å². The third-order valence-corrected chi connectivity index (χ3v) is 2.33. The largest absolute Gasteiger partial charge is 0.365 e. The SMILES string of the molecule is CC(C)(CCCl)Nc1ccc(Cl)cn1. The maximum Gasteiger partial charge on any atom is 0.126 e. The lowest BCUT2D eigenvalue weighted by Crippen LogP contribution is -2.31. The van der Waals surface area contributed by atoms with Crippen LogP contribution in [0.1, 0.15) is 20.3 Å². The van der Waals surface area contributed by atoms with Crippen molar-refractivity contribution >= 4 is 29.0 Å². The van der Waals surface area contributed by atoms with E-state index in [0.717, 1.165) is 12.2 Å². The van der Waals surface area contributed by atoms with Crippen LogP contribution in [0, 0.1) is 0 Å². The quantitative estimate of drug-likeness (QED) is 0.804. The Balaban J connectivity index is 2.64. The highest BCUT2D eigenvalue weighted by atomic mass is 35.5. The van der Waals surface area contributed by atoms with Gasteiger partial charge in [-0.1, -0.05) is 11.6 Å². The van der Waals surface area contributed by atoms with Crippen LogP contribution in [0.15, 0.2) is 18.3 Å². The van der Waals surface area contributed by atoms with Crippen molar-refractivity contribution in [2.75, 3.05) is 11.2 Å². The predicted molar refractivity (Wildman–Crippen MR) is 62.3 cm³/mol. The van der Waals surface area contributed by atoms with E-state index in [1.165, 1.54) is 0 Å². The number of hydrogen-bond acceptors (Lipinski definition) is 2. The molecule has 0 bridgehead atoms. The highest BCUT2D eigenvalue weighted by molar-refractivity contribution is 6.30. The van der Waals surface area contributed by atoms with Gasteiger partial charge < -0.3 is 5.32 Å². The zero-order chi connectivity index (χ0) is 10.6. The first-order valence-electron chi connectivity index (χ1n) is 4.49. The first-order valence-corrected chi connectivity index (χ1v) is 5.40. The average Bonchev–Trinajstić information content (AvgIpc) is 2.08. The van der Waals surface area contributed by atoms with Gasteiger partial charge in [0.1, 0.15) is 5.82 Å². The predicted octanol–water partition coefficient (Wildman–Crippen LogP) is 3.55. The summed E-state index contributed by atoms with van der Waals surface area (Å²) in [5.41, 5.74) is -0.0391. The fourth-order valence-electron chi connectivity index (χ4n) is 1.10. The molecule has 0 unspecified atom stereocenters. The van der Waals surface area contributed by atoms with Gasteiger partial charge in [-0.3, -0.25) is 0 Å². The van der Waals surface area contributed by atoms with E-state index in [1.54, 1.807) is 6.20 Å². The number of halogens is 2. The van der Waals surface area contributed by atoms with E-state index in [4.69, 9.17) is 23.2 Å². The van der Waals surface area contributed by atoms with Crippen LogP contribution in [-0.2, 0) is 0 Å². The number of aromatic nitrogens is 1. The Labute approximate surface area is 94.6 Å². The molecule has 1 N–H and O–H groups in total. The number of alkyl halides is 1. The lowest BCUT2D eigenvalue weighted by molar-refractivity contribution is 0.548. The van der Waals surface area contributed by atoms with Crippen LogP contribution in [0.25, 0.3) is 0 Å². The maximum atomic E-state index is 5.73. The van der Waals surface area contributed by atoms with Crippen LogP contribution in [0.4, 0.5) is 5.82 Å². The zero-order valence-electron chi connectivity index (χ0n) is 8.35. The molecule has 14 heavy (non-hydrogen) atoms. The summed E-state index contributed by atoms with van der Waals surface area (Å²) in [4.78, 5) is 4.16. The lowest BCUT2D eigenvalue weighted by atomic mass is 10.0. The summed E-state index contributed by atoms with van der Waals surface area (Å²) in [5.74, 6) is 1.46. The molecular weight excluding hydrogens is 219 g/mol. The number of pyridine rings is 1. The van der Waals surface area contributed by atoms with Gasteiger partial charge in [-0.25, -0.2) is 4.98 Å². The Kier molecular flexibility index (Phi) is 4.02. The molecule has 0 fully saturated rings. The molecule has 0 atom stereocenters. The summed E-state index contributed by atoms with van der Waals surface area (Å²) >= 11 is 11.4. The van der Waals surface area contributed by atoms with Gasteiger partial charge in [0, 0.05) is 17.6 Å². The van der Waals surface area contributed by atoms with Crippen molar-refractivity contribution in [2.45, 2.75) is 25.8 Å². The molecule has 0 amide bonds. The minimum atomic E-state index is -0.0391. The number of rotatable bonds is 4. The third kappa shape index (κ3) is 3.72. The lowest BCUT2D eigenvalue weighted by Gasteiger charge is -2.25. The molecule has 1 aromatic rings. The second-order valence-corrected chi connectivity index (χ2v) is 4.62. The van der Waals surface area contributed by atoms with Gasteiger partial charge in [-0.2, -0.15) is 0 Å². The number of anilines is 1. The van der Waals surface area contributed by atoms with Crippen molar-refractivity contribution in [3.05, 3.63) is 23.4 Å². The van der Waals surface area contributed by atoms with Gasteiger partial charge in [0.05, 0.1) is 5.02 Å². The average molecular weight is 233 g/mol. The molecule has 0 aliphatic heterocycles.